The summed E-state index contributed by atoms with van der Waals surface area (Å²) in [5.74, 6) is 0.0809. The second-order valence-electron chi connectivity index (χ2n) is 4.43. The minimum atomic E-state index is -3.67. The summed E-state index contributed by atoms with van der Waals surface area (Å²) in [7, 11) is -3.67. The van der Waals surface area contributed by atoms with Gasteiger partial charge in [0.05, 0.1) is 11.9 Å². The van der Waals surface area contributed by atoms with Crippen molar-refractivity contribution in [3.05, 3.63) is 41.7 Å². The number of anilines is 1. The number of aryl methyl sites for hydroxylation is 1. The molecule has 9 heteroatoms. The van der Waals surface area contributed by atoms with Gasteiger partial charge in [-0.25, -0.2) is 8.42 Å². The fraction of sp³-hybridized carbons (Fsp3) is 0.167. The van der Waals surface area contributed by atoms with E-state index in [0.29, 0.717) is 11.4 Å². The van der Waals surface area contributed by atoms with E-state index in [1.807, 2.05) is 0 Å². The quantitative estimate of drug-likeness (QED) is 0.281. The van der Waals surface area contributed by atoms with Gasteiger partial charge in [-0.05, 0) is 24.6 Å². The third-order valence-corrected chi connectivity index (χ3v) is 4.29. The molecule has 0 atom stereocenters. The molecule has 1 heterocycles. The number of hydrogen-bond acceptors (Lipinski definition) is 5. The third-order valence-electron chi connectivity index (χ3n) is 2.79. The minimum Gasteiger partial charge on any atom is -0.409 e. The van der Waals surface area contributed by atoms with Gasteiger partial charge in [0.25, 0.3) is 10.0 Å². The Bertz CT molecular complexity index is 749. The molecule has 0 bridgehead atoms. The molecule has 2 rings (SSSR count). The highest BCUT2D eigenvalue weighted by atomic mass is 32.2. The van der Waals surface area contributed by atoms with Crippen LogP contribution in [-0.2, 0) is 16.4 Å². The van der Waals surface area contributed by atoms with Gasteiger partial charge >= 0.3 is 0 Å². The molecule has 0 radical (unpaired) electrons. The Hall–Kier alpha value is -2.55. The van der Waals surface area contributed by atoms with E-state index in [2.05, 4.69) is 20.1 Å². The highest BCUT2D eigenvalue weighted by Gasteiger charge is 2.18. The van der Waals surface area contributed by atoms with Crippen molar-refractivity contribution < 1.29 is 13.6 Å². The molecule has 0 amide bonds. The lowest BCUT2D eigenvalue weighted by Gasteiger charge is -2.08. The molecule has 0 spiro atoms. The van der Waals surface area contributed by atoms with E-state index in [1.165, 1.54) is 6.20 Å². The predicted octanol–water partition coefficient (Wildman–Crippen LogP) is 0.808. The topological polar surface area (TPSA) is 133 Å². The first-order valence-corrected chi connectivity index (χ1v) is 7.49. The van der Waals surface area contributed by atoms with Crippen LogP contribution in [0.1, 0.15) is 11.3 Å². The zero-order valence-electron chi connectivity index (χ0n) is 11.2. The summed E-state index contributed by atoms with van der Waals surface area (Å²) in [6.07, 6.45) is 1.54. The van der Waals surface area contributed by atoms with Crippen molar-refractivity contribution in [2.45, 2.75) is 18.2 Å². The Balaban J connectivity index is 2.15. The number of aromatic amines is 1. The van der Waals surface area contributed by atoms with Gasteiger partial charge < -0.3 is 10.9 Å². The second-order valence-corrected chi connectivity index (χ2v) is 6.08. The van der Waals surface area contributed by atoms with Crippen LogP contribution in [-0.4, -0.2) is 29.7 Å². The number of rotatable bonds is 5. The van der Waals surface area contributed by atoms with Crippen LogP contribution < -0.4 is 10.5 Å². The Morgan fingerprint density at radius 2 is 2.10 bits per heavy atom. The highest BCUT2D eigenvalue weighted by Crippen LogP contribution is 2.18. The Kier molecular flexibility index (Phi) is 4.13. The maximum absolute atomic E-state index is 12.1. The molecule has 0 fully saturated rings. The van der Waals surface area contributed by atoms with Crippen molar-refractivity contribution >= 4 is 21.5 Å². The van der Waals surface area contributed by atoms with Crippen LogP contribution in [0.4, 0.5) is 5.69 Å². The van der Waals surface area contributed by atoms with Crippen LogP contribution in [0, 0.1) is 6.92 Å². The van der Waals surface area contributed by atoms with E-state index in [0.717, 1.165) is 5.56 Å². The molecule has 112 valence electrons. The Morgan fingerprint density at radius 1 is 1.43 bits per heavy atom. The molecule has 0 aliphatic carbocycles. The molecule has 2 aromatic rings. The number of nitrogens with two attached hydrogens (primary N) is 1. The normalized spacial score (nSPS) is 12.3. The summed E-state index contributed by atoms with van der Waals surface area (Å²) in [6.45, 7) is 1.63. The number of aromatic nitrogens is 2. The van der Waals surface area contributed by atoms with Gasteiger partial charge in [0.15, 0.2) is 0 Å². The molecule has 0 saturated heterocycles. The third kappa shape index (κ3) is 3.51. The lowest BCUT2D eigenvalue weighted by atomic mass is 10.1. The lowest BCUT2D eigenvalue weighted by molar-refractivity contribution is 0.317. The van der Waals surface area contributed by atoms with E-state index in [1.54, 1.807) is 31.2 Å². The van der Waals surface area contributed by atoms with Crippen molar-refractivity contribution in [2.24, 2.45) is 10.9 Å². The summed E-state index contributed by atoms with van der Waals surface area (Å²) in [5, 5.41) is 17.6. The smallest absolute Gasteiger partial charge is 0.265 e. The van der Waals surface area contributed by atoms with Crippen molar-refractivity contribution in [3.63, 3.8) is 0 Å². The van der Waals surface area contributed by atoms with Crippen LogP contribution in [0.15, 0.2) is 40.5 Å². The van der Waals surface area contributed by atoms with Gasteiger partial charge in [-0.3, -0.25) is 9.82 Å². The molecular formula is C12H15N5O3S. The number of oxime groups is 1. The molecule has 8 nitrogen and oxygen atoms in total. The maximum atomic E-state index is 12.1. The van der Waals surface area contributed by atoms with Crippen molar-refractivity contribution in [1.29, 1.82) is 0 Å². The second kappa shape index (κ2) is 5.83. The number of nitrogens with one attached hydrogen (secondary N) is 2. The summed E-state index contributed by atoms with van der Waals surface area (Å²) in [4.78, 5) is 0.100. The predicted molar refractivity (Wildman–Crippen MR) is 77.7 cm³/mol. The molecule has 1 aromatic carbocycles. The van der Waals surface area contributed by atoms with Gasteiger partial charge in [-0.1, -0.05) is 17.3 Å². The number of benzene rings is 1. The van der Waals surface area contributed by atoms with Crippen molar-refractivity contribution in [1.82, 2.24) is 10.2 Å². The summed E-state index contributed by atoms with van der Waals surface area (Å²) in [6, 6.07) is 6.59. The van der Waals surface area contributed by atoms with Crippen LogP contribution in [0.3, 0.4) is 0 Å². The van der Waals surface area contributed by atoms with Crippen molar-refractivity contribution in [2.75, 3.05) is 4.72 Å². The molecule has 1 aromatic heterocycles. The summed E-state index contributed by atoms with van der Waals surface area (Å²) in [5.41, 5.74) is 7.08. The number of H-pyrrole nitrogens is 1. The first kappa shape index (κ1) is 14.9. The number of hydrogen-bond donors (Lipinski definition) is 4. The zero-order valence-corrected chi connectivity index (χ0v) is 12.1. The maximum Gasteiger partial charge on any atom is 0.265 e. The summed E-state index contributed by atoms with van der Waals surface area (Å²) >= 11 is 0. The fourth-order valence-electron chi connectivity index (χ4n) is 1.76. The van der Waals surface area contributed by atoms with Crippen LogP contribution in [0.2, 0.25) is 0 Å². The number of amidine groups is 1. The first-order valence-electron chi connectivity index (χ1n) is 6.00. The van der Waals surface area contributed by atoms with Gasteiger partial charge in [-0.15, -0.1) is 0 Å². The van der Waals surface area contributed by atoms with Gasteiger partial charge in [0.1, 0.15) is 10.7 Å². The SMILES string of the molecule is Cc1[nH]ncc1S(=O)(=O)Nc1ccc(CC(N)=NO)cc1. The largest absolute Gasteiger partial charge is 0.409 e. The minimum absolute atomic E-state index is 0.0809. The number of nitrogens with zero attached hydrogens (tertiary/aromatic N) is 2. The van der Waals surface area contributed by atoms with E-state index in [9.17, 15) is 8.42 Å². The molecule has 21 heavy (non-hydrogen) atoms. The van der Waals surface area contributed by atoms with Crippen molar-refractivity contribution in [3.8, 4) is 0 Å². The van der Waals surface area contributed by atoms with E-state index < -0.39 is 10.0 Å². The van der Waals surface area contributed by atoms with Gasteiger partial charge in [-0.2, -0.15) is 5.10 Å². The van der Waals surface area contributed by atoms with Crippen LogP contribution in [0.25, 0.3) is 0 Å². The van der Waals surface area contributed by atoms with E-state index >= 15 is 0 Å². The Labute approximate surface area is 121 Å². The highest BCUT2D eigenvalue weighted by molar-refractivity contribution is 7.92. The monoisotopic (exact) mass is 309 g/mol. The molecule has 0 saturated carbocycles. The van der Waals surface area contributed by atoms with E-state index in [-0.39, 0.29) is 17.2 Å². The standard InChI is InChI=1S/C12H15N5O3S/c1-8-11(7-14-15-8)21(19,20)17-10-4-2-9(3-5-10)6-12(13)16-18/h2-5,7,17-18H,6H2,1H3,(H2,13,16)(H,14,15). The lowest BCUT2D eigenvalue weighted by Crippen LogP contribution is -2.15. The van der Waals surface area contributed by atoms with Crippen LogP contribution in [0.5, 0.6) is 0 Å². The average molecular weight is 309 g/mol. The molecule has 0 unspecified atom stereocenters. The number of sulfonamides is 1. The molecular weight excluding hydrogens is 294 g/mol. The molecule has 0 aliphatic rings. The molecule has 0 aliphatic heterocycles. The average Bonchev–Trinajstić information content (AvgIpc) is 2.87. The Morgan fingerprint density at radius 3 is 2.62 bits per heavy atom. The molecule has 5 N–H and O–H groups in total. The first-order chi connectivity index (χ1) is 9.92. The van der Waals surface area contributed by atoms with E-state index in [4.69, 9.17) is 10.9 Å². The van der Waals surface area contributed by atoms with Gasteiger partial charge in [0.2, 0.25) is 0 Å². The fourth-order valence-corrected chi connectivity index (χ4v) is 2.95. The van der Waals surface area contributed by atoms with Crippen LogP contribution >= 0.6 is 0 Å². The van der Waals surface area contributed by atoms with Gasteiger partial charge in [0, 0.05) is 12.1 Å². The summed E-state index contributed by atoms with van der Waals surface area (Å²) < 4.78 is 26.8. The zero-order chi connectivity index (χ0) is 15.5.